The zero-order valence-electron chi connectivity index (χ0n) is 14.0. The van der Waals surface area contributed by atoms with Crippen LogP contribution in [0.25, 0.3) is 0 Å². The predicted molar refractivity (Wildman–Crippen MR) is 93.5 cm³/mol. The normalized spacial score (nSPS) is 19.3. The second-order valence-electron chi connectivity index (χ2n) is 6.38. The molecule has 0 aliphatic carbocycles. The maximum absolute atomic E-state index is 13.1. The average Bonchev–Trinajstić information content (AvgIpc) is 2.55. The maximum Gasteiger partial charge on any atom is 0.248 e. The van der Waals surface area contributed by atoms with Gasteiger partial charge in [-0.15, -0.1) is 0 Å². The van der Waals surface area contributed by atoms with Gasteiger partial charge in [-0.25, -0.2) is 8.42 Å². The van der Waals surface area contributed by atoms with Gasteiger partial charge in [0.2, 0.25) is 15.6 Å². The van der Waals surface area contributed by atoms with Crippen LogP contribution in [0.2, 0.25) is 0 Å². The summed E-state index contributed by atoms with van der Waals surface area (Å²) < 4.78 is 27.8. The molecular formula is C18H22N2O3S. The molecular weight excluding hydrogens is 324 g/mol. The second-order valence-corrected chi connectivity index (χ2v) is 8.27. The van der Waals surface area contributed by atoms with Gasteiger partial charge in [-0.1, -0.05) is 24.1 Å². The third-order valence-corrected chi connectivity index (χ3v) is 6.54. The first-order valence-electron chi connectivity index (χ1n) is 8.17. The number of H-pyrrole nitrogens is 1. The van der Waals surface area contributed by atoms with Crippen molar-refractivity contribution in [3.63, 3.8) is 0 Å². The van der Waals surface area contributed by atoms with Crippen molar-refractivity contribution in [2.24, 2.45) is 0 Å². The van der Waals surface area contributed by atoms with Gasteiger partial charge in [0, 0.05) is 18.8 Å². The molecule has 0 saturated carbocycles. The molecule has 1 aliphatic rings. The first-order chi connectivity index (χ1) is 11.4. The number of aromatic amines is 1. The highest BCUT2D eigenvalue weighted by Gasteiger charge is 2.35. The van der Waals surface area contributed by atoms with Gasteiger partial charge in [0.05, 0.1) is 10.9 Å². The van der Waals surface area contributed by atoms with E-state index in [9.17, 15) is 13.2 Å². The molecule has 1 fully saturated rings. The molecule has 0 bridgehead atoms. The molecule has 5 nitrogen and oxygen atoms in total. The van der Waals surface area contributed by atoms with E-state index in [1.54, 1.807) is 22.6 Å². The van der Waals surface area contributed by atoms with Gasteiger partial charge < -0.3 is 4.98 Å². The molecule has 1 aromatic heterocycles. The smallest absolute Gasteiger partial charge is 0.248 e. The highest BCUT2D eigenvalue weighted by Crippen LogP contribution is 2.36. The molecule has 1 atom stereocenters. The van der Waals surface area contributed by atoms with Crippen LogP contribution in [0.3, 0.4) is 0 Å². The van der Waals surface area contributed by atoms with E-state index in [4.69, 9.17) is 0 Å². The number of benzene rings is 1. The van der Waals surface area contributed by atoms with E-state index in [2.05, 4.69) is 4.98 Å². The predicted octanol–water partition coefficient (Wildman–Crippen LogP) is 2.91. The molecule has 1 N–H and O–H groups in total. The molecule has 3 rings (SSSR count). The van der Waals surface area contributed by atoms with Gasteiger partial charge in [0.25, 0.3) is 0 Å². The Morgan fingerprint density at radius 1 is 1.12 bits per heavy atom. The third kappa shape index (κ3) is 3.16. The Labute approximate surface area is 142 Å². The number of aromatic nitrogens is 1. The number of nitrogens with one attached hydrogen (secondary N) is 1. The Morgan fingerprint density at radius 2 is 1.83 bits per heavy atom. The van der Waals surface area contributed by atoms with Crippen molar-refractivity contribution in [2.45, 2.75) is 44.0 Å². The van der Waals surface area contributed by atoms with E-state index in [1.165, 1.54) is 6.07 Å². The monoisotopic (exact) mass is 346 g/mol. The van der Waals surface area contributed by atoms with Crippen LogP contribution in [0.1, 0.15) is 42.0 Å². The van der Waals surface area contributed by atoms with Crippen LogP contribution >= 0.6 is 0 Å². The molecule has 1 aliphatic heterocycles. The lowest BCUT2D eigenvalue weighted by Crippen LogP contribution is -2.39. The molecule has 24 heavy (non-hydrogen) atoms. The fourth-order valence-corrected chi connectivity index (χ4v) is 4.97. The molecule has 0 spiro atoms. The topological polar surface area (TPSA) is 70.2 Å². The number of hydrogen-bond donors (Lipinski definition) is 1. The van der Waals surface area contributed by atoms with Crippen LogP contribution < -0.4 is 5.56 Å². The van der Waals surface area contributed by atoms with E-state index in [-0.39, 0.29) is 11.6 Å². The van der Waals surface area contributed by atoms with Gasteiger partial charge in [-0.2, -0.15) is 4.31 Å². The molecule has 2 aromatic rings. The maximum atomic E-state index is 13.1. The molecule has 0 amide bonds. The van der Waals surface area contributed by atoms with Crippen molar-refractivity contribution in [1.82, 2.24) is 9.29 Å². The lowest BCUT2D eigenvalue weighted by Gasteiger charge is -2.35. The molecule has 1 saturated heterocycles. The van der Waals surface area contributed by atoms with Crippen LogP contribution in [-0.2, 0) is 10.0 Å². The summed E-state index contributed by atoms with van der Waals surface area (Å²) in [5.41, 5.74) is 2.57. The van der Waals surface area contributed by atoms with Crippen LogP contribution in [0.5, 0.6) is 0 Å². The fraction of sp³-hybridized carbons (Fsp3) is 0.389. The molecule has 1 aromatic carbocycles. The minimum Gasteiger partial charge on any atom is -0.329 e. The third-order valence-electron chi connectivity index (χ3n) is 4.61. The summed E-state index contributed by atoms with van der Waals surface area (Å²) in [5.74, 6) is 0. The van der Waals surface area contributed by atoms with Crippen LogP contribution in [0.15, 0.2) is 46.2 Å². The number of sulfonamides is 1. The summed E-state index contributed by atoms with van der Waals surface area (Å²) >= 11 is 0. The molecule has 2 heterocycles. The van der Waals surface area contributed by atoms with Gasteiger partial charge in [-0.05, 0) is 49.9 Å². The lowest BCUT2D eigenvalue weighted by molar-refractivity contribution is 0.255. The summed E-state index contributed by atoms with van der Waals surface area (Å²) in [5, 5.41) is 0. The Balaban J connectivity index is 2.03. The Morgan fingerprint density at radius 3 is 2.50 bits per heavy atom. The molecule has 128 valence electrons. The Bertz CT molecular complexity index is 885. The van der Waals surface area contributed by atoms with Crippen molar-refractivity contribution in [3.05, 3.63) is 63.6 Å². The largest absolute Gasteiger partial charge is 0.329 e. The summed E-state index contributed by atoms with van der Waals surface area (Å²) in [7, 11) is -3.56. The summed E-state index contributed by atoms with van der Waals surface area (Å²) in [6.45, 7) is 4.29. The SMILES string of the molecule is Cc1ccc(S(=O)(=O)N2CCCCC2c2c[nH]c(=O)cc2C)cc1. The van der Waals surface area contributed by atoms with E-state index in [1.807, 2.05) is 26.0 Å². The van der Waals surface area contributed by atoms with Crippen LogP contribution in [0.4, 0.5) is 0 Å². The van der Waals surface area contributed by atoms with Crippen molar-refractivity contribution in [2.75, 3.05) is 6.54 Å². The standard InChI is InChI=1S/C18H22N2O3S/c1-13-6-8-15(9-7-13)24(22,23)20-10-4-3-5-17(20)16-12-19-18(21)11-14(16)2/h6-9,11-12,17H,3-5,10H2,1-2H3,(H,19,21). The fourth-order valence-electron chi connectivity index (χ4n) is 3.29. The molecule has 0 radical (unpaired) electrons. The highest BCUT2D eigenvalue weighted by atomic mass is 32.2. The minimum absolute atomic E-state index is 0.167. The number of piperidine rings is 1. The summed E-state index contributed by atoms with van der Waals surface area (Å²) in [4.78, 5) is 14.5. The van der Waals surface area contributed by atoms with Gasteiger partial charge in [-0.3, -0.25) is 4.79 Å². The van der Waals surface area contributed by atoms with Crippen LogP contribution in [-0.4, -0.2) is 24.3 Å². The van der Waals surface area contributed by atoms with E-state index < -0.39 is 10.0 Å². The minimum atomic E-state index is -3.56. The van der Waals surface area contributed by atoms with Gasteiger partial charge in [0.15, 0.2) is 0 Å². The Hall–Kier alpha value is -1.92. The quantitative estimate of drug-likeness (QED) is 0.929. The van der Waals surface area contributed by atoms with E-state index in [0.29, 0.717) is 11.4 Å². The van der Waals surface area contributed by atoms with E-state index >= 15 is 0 Å². The van der Waals surface area contributed by atoms with Crippen molar-refractivity contribution < 1.29 is 8.42 Å². The average molecular weight is 346 g/mol. The number of rotatable bonds is 3. The Kier molecular flexibility index (Phi) is 4.60. The molecule has 1 unspecified atom stereocenters. The first-order valence-corrected chi connectivity index (χ1v) is 9.61. The zero-order valence-corrected chi connectivity index (χ0v) is 14.8. The number of hydrogen-bond acceptors (Lipinski definition) is 3. The van der Waals surface area contributed by atoms with Crippen molar-refractivity contribution in [1.29, 1.82) is 0 Å². The number of aryl methyl sites for hydroxylation is 2. The zero-order chi connectivity index (χ0) is 17.3. The lowest BCUT2D eigenvalue weighted by atomic mass is 9.96. The van der Waals surface area contributed by atoms with E-state index in [0.717, 1.165) is 36.0 Å². The molecule has 6 heteroatoms. The number of nitrogens with zero attached hydrogens (tertiary/aromatic N) is 1. The van der Waals surface area contributed by atoms with Gasteiger partial charge >= 0.3 is 0 Å². The van der Waals surface area contributed by atoms with Crippen LogP contribution in [0, 0.1) is 13.8 Å². The van der Waals surface area contributed by atoms with Crippen molar-refractivity contribution >= 4 is 10.0 Å². The van der Waals surface area contributed by atoms with Gasteiger partial charge in [0.1, 0.15) is 0 Å². The summed E-state index contributed by atoms with van der Waals surface area (Å²) in [6, 6.07) is 8.25. The van der Waals surface area contributed by atoms with Crippen molar-refractivity contribution in [3.8, 4) is 0 Å². The highest BCUT2D eigenvalue weighted by molar-refractivity contribution is 7.89. The second kappa shape index (κ2) is 6.53. The summed E-state index contributed by atoms with van der Waals surface area (Å²) in [6.07, 6.45) is 4.25. The first kappa shape index (κ1) is 16.9. The number of pyridine rings is 1.